The molecule has 2 heterocycles. The molecule has 2 aliphatic carbocycles. The van der Waals surface area contributed by atoms with Gasteiger partial charge in [0, 0.05) is 22.9 Å². The summed E-state index contributed by atoms with van der Waals surface area (Å²) >= 11 is 0. The Balaban J connectivity index is 0.00000157. The van der Waals surface area contributed by atoms with Crippen LogP contribution in [0.3, 0.4) is 0 Å². The zero-order valence-electron chi connectivity index (χ0n) is 14.8. The molecule has 4 aliphatic rings. The minimum absolute atomic E-state index is 0. The fourth-order valence-electron chi connectivity index (χ4n) is 5.55. The molecular formula is C20H26ClNO3. The molecule has 5 heteroatoms. The Morgan fingerprint density at radius 1 is 1.36 bits per heavy atom. The summed E-state index contributed by atoms with van der Waals surface area (Å²) in [6.45, 7) is 3.87. The van der Waals surface area contributed by atoms with E-state index in [-0.39, 0.29) is 23.9 Å². The van der Waals surface area contributed by atoms with Gasteiger partial charge in [0.05, 0.1) is 6.61 Å². The third kappa shape index (κ3) is 2.08. The van der Waals surface area contributed by atoms with Crippen LogP contribution in [0.1, 0.15) is 30.9 Å². The Hall–Kier alpha value is -1.23. The van der Waals surface area contributed by atoms with Gasteiger partial charge in [-0.2, -0.15) is 0 Å². The minimum Gasteiger partial charge on any atom is -0.490 e. The van der Waals surface area contributed by atoms with Crippen LogP contribution in [-0.4, -0.2) is 48.5 Å². The molecule has 0 radical (unpaired) electrons. The maximum Gasteiger partial charge on any atom is 0.165 e. The van der Waals surface area contributed by atoms with Gasteiger partial charge in [0.15, 0.2) is 11.5 Å². The van der Waals surface area contributed by atoms with Crippen LogP contribution in [0.4, 0.5) is 0 Å². The summed E-state index contributed by atoms with van der Waals surface area (Å²) in [5.41, 5.74) is 2.63. The maximum absolute atomic E-state index is 10.7. The van der Waals surface area contributed by atoms with E-state index >= 15 is 0 Å². The largest absolute Gasteiger partial charge is 0.490 e. The molecule has 25 heavy (non-hydrogen) atoms. The van der Waals surface area contributed by atoms with E-state index in [0.29, 0.717) is 18.6 Å². The van der Waals surface area contributed by atoms with Gasteiger partial charge in [-0.25, -0.2) is 0 Å². The van der Waals surface area contributed by atoms with Gasteiger partial charge in [0.25, 0.3) is 0 Å². The molecule has 4 nitrogen and oxygen atoms in total. The van der Waals surface area contributed by atoms with Crippen LogP contribution in [0.2, 0.25) is 0 Å². The Morgan fingerprint density at radius 2 is 2.20 bits per heavy atom. The van der Waals surface area contributed by atoms with Crippen molar-refractivity contribution in [1.82, 2.24) is 4.90 Å². The summed E-state index contributed by atoms with van der Waals surface area (Å²) in [5, 5.41) is 10.7. The quantitative estimate of drug-likeness (QED) is 0.838. The first-order valence-corrected chi connectivity index (χ1v) is 9.19. The molecular weight excluding hydrogens is 338 g/mol. The summed E-state index contributed by atoms with van der Waals surface area (Å²) in [7, 11) is 2.23. The number of rotatable bonds is 3. The molecule has 0 amide bonds. The van der Waals surface area contributed by atoms with Gasteiger partial charge in [-0.05, 0) is 44.5 Å². The van der Waals surface area contributed by atoms with Crippen molar-refractivity contribution in [3.63, 3.8) is 0 Å². The van der Waals surface area contributed by atoms with Gasteiger partial charge < -0.3 is 19.5 Å². The smallest absolute Gasteiger partial charge is 0.165 e. The first-order valence-electron chi connectivity index (χ1n) is 9.19. The van der Waals surface area contributed by atoms with Crippen LogP contribution in [0.25, 0.3) is 0 Å². The Labute approximate surface area is 155 Å². The SMILES string of the molecule is CCCOc1ccc2c3c1OC1C(O)C=CC4C(C2)N(C)CCC341.Cl. The second-order valence-electron chi connectivity index (χ2n) is 7.76. The van der Waals surface area contributed by atoms with Crippen molar-refractivity contribution >= 4 is 12.4 Å². The fourth-order valence-corrected chi connectivity index (χ4v) is 5.55. The number of ether oxygens (including phenoxy) is 2. The third-order valence-electron chi connectivity index (χ3n) is 6.60. The van der Waals surface area contributed by atoms with E-state index in [1.54, 1.807) is 0 Å². The number of aliphatic hydroxyl groups is 1. The molecule has 136 valence electrons. The van der Waals surface area contributed by atoms with Crippen molar-refractivity contribution in [3.05, 3.63) is 35.4 Å². The monoisotopic (exact) mass is 363 g/mol. The fraction of sp³-hybridized carbons (Fsp3) is 0.600. The lowest BCUT2D eigenvalue weighted by atomic mass is 9.53. The average molecular weight is 364 g/mol. The normalized spacial score (nSPS) is 37.1. The van der Waals surface area contributed by atoms with Gasteiger partial charge in [0.2, 0.25) is 0 Å². The predicted octanol–water partition coefficient (Wildman–Crippen LogP) is 2.70. The molecule has 1 aromatic carbocycles. The Morgan fingerprint density at radius 3 is 3.00 bits per heavy atom. The number of benzene rings is 1. The lowest BCUT2D eigenvalue weighted by Gasteiger charge is -2.56. The number of likely N-dealkylation sites (N-methyl/N-ethyl adjacent to an activating group) is 1. The van der Waals surface area contributed by atoms with E-state index in [0.717, 1.165) is 37.3 Å². The second kappa shape index (κ2) is 5.90. The number of likely N-dealkylation sites (tertiary alicyclic amines) is 1. The maximum atomic E-state index is 10.7. The highest BCUT2D eigenvalue weighted by atomic mass is 35.5. The Bertz CT molecular complexity index is 721. The summed E-state index contributed by atoms with van der Waals surface area (Å²) < 4.78 is 12.4. The molecule has 5 unspecified atom stereocenters. The van der Waals surface area contributed by atoms with Crippen molar-refractivity contribution < 1.29 is 14.6 Å². The molecule has 1 spiro atoms. The lowest BCUT2D eigenvalue weighted by molar-refractivity contribution is -0.0454. The summed E-state index contributed by atoms with van der Waals surface area (Å²) in [6, 6.07) is 4.78. The van der Waals surface area contributed by atoms with Crippen LogP contribution >= 0.6 is 12.4 Å². The van der Waals surface area contributed by atoms with Crippen LogP contribution in [0.15, 0.2) is 24.3 Å². The van der Waals surface area contributed by atoms with Crippen molar-refractivity contribution in [1.29, 1.82) is 0 Å². The molecule has 2 aliphatic heterocycles. The number of hydrogen-bond donors (Lipinski definition) is 1. The van der Waals surface area contributed by atoms with Crippen LogP contribution < -0.4 is 9.47 Å². The van der Waals surface area contributed by atoms with Crippen molar-refractivity contribution in [2.45, 2.75) is 49.9 Å². The summed E-state index contributed by atoms with van der Waals surface area (Å²) in [5.74, 6) is 2.17. The standard InChI is InChI=1S/C20H25NO3.ClH/c1-3-10-23-16-7-4-12-11-14-13-5-6-15(22)19-20(13,8-9-21(14)2)17(12)18(16)24-19;/h4-7,13-15,19,22H,3,8-11H2,1-2H3;1H. The first-order chi connectivity index (χ1) is 11.7. The molecule has 1 N–H and O–H groups in total. The number of piperidine rings is 1. The molecule has 5 rings (SSSR count). The van der Waals surface area contributed by atoms with E-state index in [4.69, 9.17) is 9.47 Å². The highest BCUT2D eigenvalue weighted by Crippen LogP contribution is 2.62. The predicted molar refractivity (Wildman–Crippen MR) is 98.9 cm³/mol. The molecule has 1 aromatic rings. The lowest BCUT2D eigenvalue weighted by Crippen LogP contribution is -2.64. The number of hydrogen-bond acceptors (Lipinski definition) is 4. The number of aliphatic hydroxyl groups excluding tert-OH is 1. The molecule has 0 saturated carbocycles. The molecule has 0 aromatic heterocycles. The van der Waals surface area contributed by atoms with E-state index in [1.807, 2.05) is 6.08 Å². The molecule has 1 fully saturated rings. The van der Waals surface area contributed by atoms with Gasteiger partial charge in [-0.1, -0.05) is 25.1 Å². The van der Waals surface area contributed by atoms with Crippen LogP contribution in [0, 0.1) is 5.92 Å². The van der Waals surface area contributed by atoms with E-state index in [2.05, 4.69) is 37.1 Å². The van der Waals surface area contributed by atoms with Crippen LogP contribution in [-0.2, 0) is 11.8 Å². The highest BCUT2D eigenvalue weighted by molar-refractivity contribution is 5.85. The topological polar surface area (TPSA) is 41.9 Å². The van der Waals surface area contributed by atoms with Crippen molar-refractivity contribution in [2.24, 2.45) is 5.92 Å². The zero-order chi connectivity index (χ0) is 16.5. The minimum atomic E-state index is -0.539. The van der Waals surface area contributed by atoms with Gasteiger partial charge >= 0.3 is 0 Å². The average Bonchev–Trinajstić information content (AvgIpc) is 2.94. The number of halogens is 1. The van der Waals surface area contributed by atoms with Crippen molar-refractivity contribution in [3.8, 4) is 11.5 Å². The van der Waals surface area contributed by atoms with E-state index in [1.165, 1.54) is 11.1 Å². The number of nitrogens with zero attached hydrogens (tertiary/aromatic N) is 1. The van der Waals surface area contributed by atoms with Gasteiger partial charge in [0.1, 0.15) is 12.2 Å². The van der Waals surface area contributed by atoms with Gasteiger partial charge in [-0.3, -0.25) is 0 Å². The summed E-state index contributed by atoms with van der Waals surface area (Å²) in [6.07, 6.45) is 6.55. The highest BCUT2D eigenvalue weighted by Gasteiger charge is 2.64. The summed E-state index contributed by atoms with van der Waals surface area (Å²) in [4.78, 5) is 2.48. The van der Waals surface area contributed by atoms with E-state index < -0.39 is 6.10 Å². The Kier molecular flexibility index (Phi) is 4.06. The first kappa shape index (κ1) is 17.2. The molecule has 5 atom stereocenters. The molecule has 2 bridgehead atoms. The zero-order valence-corrected chi connectivity index (χ0v) is 15.6. The molecule has 1 saturated heterocycles. The third-order valence-corrected chi connectivity index (χ3v) is 6.60. The van der Waals surface area contributed by atoms with Gasteiger partial charge in [-0.15, -0.1) is 12.4 Å². The van der Waals surface area contributed by atoms with E-state index in [9.17, 15) is 5.11 Å². The van der Waals surface area contributed by atoms with Crippen LogP contribution in [0.5, 0.6) is 11.5 Å². The second-order valence-corrected chi connectivity index (χ2v) is 7.76. The van der Waals surface area contributed by atoms with Crippen molar-refractivity contribution in [2.75, 3.05) is 20.2 Å².